The minimum atomic E-state index is -0.219. The summed E-state index contributed by atoms with van der Waals surface area (Å²) >= 11 is 1.48. The molecule has 2 aromatic heterocycles. The third kappa shape index (κ3) is 4.98. The first-order valence-corrected chi connectivity index (χ1v) is 12.1. The van der Waals surface area contributed by atoms with Gasteiger partial charge in [0.25, 0.3) is 5.91 Å². The fourth-order valence-electron chi connectivity index (χ4n) is 3.90. The lowest BCUT2D eigenvalue weighted by atomic mass is 10.0. The summed E-state index contributed by atoms with van der Waals surface area (Å²) in [4.78, 5) is 27.7. The topological polar surface area (TPSA) is 83.1 Å². The van der Waals surface area contributed by atoms with E-state index >= 15 is 0 Å². The molecule has 170 valence electrons. The number of carbonyl (C=O) groups excluding carboxylic acids is 1. The SMILES string of the molecule is CC(C)c1ccc(-c2nc(C(=O)Nc3ccc4nc(CN5CCOCC5)[nH]c4c3)cs2)cc1. The van der Waals surface area contributed by atoms with E-state index in [-0.39, 0.29) is 5.91 Å². The molecule has 5 rings (SSSR count). The van der Waals surface area contributed by atoms with Gasteiger partial charge in [-0.15, -0.1) is 11.3 Å². The van der Waals surface area contributed by atoms with Crippen molar-refractivity contribution >= 4 is 34.0 Å². The van der Waals surface area contributed by atoms with Crippen molar-refractivity contribution in [3.63, 3.8) is 0 Å². The first kappa shape index (κ1) is 21.8. The molecule has 0 saturated carbocycles. The second-order valence-corrected chi connectivity index (χ2v) is 9.43. The van der Waals surface area contributed by atoms with Crippen molar-refractivity contribution in [1.29, 1.82) is 0 Å². The summed E-state index contributed by atoms with van der Waals surface area (Å²) in [6.07, 6.45) is 0. The number of fused-ring (bicyclic) bond motifs is 1. The van der Waals surface area contributed by atoms with Crippen molar-refractivity contribution in [2.75, 3.05) is 31.6 Å². The van der Waals surface area contributed by atoms with E-state index in [2.05, 4.69) is 63.3 Å². The van der Waals surface area contributed by atoms with Gasteiger partial charge in [-0.25, -0.2) is 9.97 Å². The van der Waals surface area contributed by atoms with E-state index in [0.29, 0.717) is 17.3 Å². The van der Waals surface area contributed by atoms with Crippen LogP contribution >= 0.6 is 11.3 Å². The molecule has 1 amide bonds. The summed E-state index contributed by atoms with van der Waals surface area (Å²) in [6.45, 7) is 8.46. The van der Waals surface area contributed by atoms with Gasteiger partial charge in [0.05, 0.1) is 30.8 Å². The van der Waals surface area contributed by atoms with Crippen molar-refractivity contribution in [2.24, 2.45) is 0 Å². The zero-order valence-electron chi connectivity index (χ0n) is 18.8. The fraction of sp³-hybridized carbons (Fsp3) is 0.320. The summed E-state index contributed by atoms with van der Waals surface area (Å²) in [7, 11) is 0. The number of rotatable bonds is 6. The number of ether oxygens (including phenoxy) is 1. The van der Waals surface area contributed by atoms with Crippen LogP contribution < -0.4 is 5.32 Å². The third-order valence-electron chi connectivity index (χ3n) is 5.83. The van der Waals surface area contributed by atoms with Crippen molar-refractivity contribution in [2.45, 2.75) is 26.3 Å². The lowest BCUT2D eigenvalue weighted by Gasteiger charge is -2.25. The van der Waals surface area contributed by atoms with Crippen LogP contribution in [0.5, 0.6) is 0 Å². The number of hydrogen-bond acceptors (Lipinski definition) is 6. The maximum atomic E-state index is 12.8. The molecule has 0 radical (unpaired) electrons. The summed E-state index contributed by atoms with van der Waals surface area (Å²) < 4.78 is 5.41. The van der Waals surface area contributed by atoms with E-state index in [1.54, 1.807) is 5.38 Å². The second kappa shape index (κ2) is 9.43. The Hall–Kier alpha value is -3.07. The van der Waals surface area contributed by atoms with Gasteiger partial charge >= 0.3 is 0 Å². The van der Waals surface area contributed by atoms with E-state index < -0.39 is 0 Å². The number of nitrogens with zero attached hydrogens (tertiary/aromatic N) is 3. The highest BCUT2D eigenvalue weighted by molar-refractivity contribution is 7.13. The van der Waals surface area contributed by atoms with Crippen molar-refractivity contribution < 1.29 is 9.53 Å². The van der Waals surface area contributed by atoms with E-state index in [1.165, 1.54) is 16.9 Å². The average molecular weight is 462 g/mol. The van der Waals surface area contributed by atoms with Crippen LogP contribution in [0.2, 0.25) is 0 Å². The monoisotopic (exact) mass is 461 g/mol. The van der Waals surface area contributed by atoms with Gasteiger partial charge in [0, 0.05) is 29.7 Å². The summed E-state index contributed by atoms with van der Waals surface area (Å²) in [6, 6.07) is 14.1. The van der Waals surface area contributed by atoms with E-state index in [9.17, 15) is 4.79 Å². The molecular weight excluding hydrogens is 434 g/mol. The average Bonchev–Trinajstić information content (AvgIpc) is 3.47. The summed E-state index contributed by atoms with van der Waals surface area (Å²) in [5.74, 6) is 1.19. The van der Waals surface area contributed by atoms with E-state index in [4.69, 9.17) is 4.74 Å². The van der Waals surface area contributed by atoms with Crippen molar-refractivity contribution in [1.82, 2.24) is 19.9 Å². The molecule has 2 aromatic carbocycles. The van der Waals surface area contributed by atoms with Crippen molar-refractivity contribution in [3.05, 3.63) is 64.9 Å². The van der Waals surface area contributed by atoms with Crippen LogP contribution in [0.15, 0.2) is 47.8 Å². The van der Waals surface area contributed by atoms with Gasteiger partial charge in [0.1, 0.15) is 16.5 Å². The molecular formula is C25H27N5O2S. The minimum absolute atomic E-state index is 0.219. The zero-order valence-corrected chi connectivity index (χ0v) is 19.6. The summed E-state index contributed by atoms with van der Waals surface area (Å²) in [5, 5.41) is 5.60. The number of benzene rings is 2. The van der Waals surface area contributed by atoms with Gasteiger partial charge in [-0.1, -0.05) is 38.1 Å². The van der Waals surface area contributed by atoms with Gasteiger partial charge in [-0.05, 0) is 29.7 Å². The van der Waals surface area contributed by atoms with Gasteiger partial charge in [-0.2, -0.15) is 0 Å². The molecule has 0 bridgehead atoms. The lowest BCUT2D eigenvalue weighted by Crippen LogP contribution is -2.35. The molecule has 0 atom stereocenters. The van der Waals surface area contributed by atoms with Gasteiger partial charge < -0.3 is 15.0 Å². The minimum Gasteiger partial charge on any atom is -0.379 e. The first-order chi connectivity index (χ1) is 16.0. The molecule has 8 heteroatoms. The van der Waals surface area contributed by atoms with Gasteiger partial charge in [-0.3, -0.25) is 9.69 Å². The standard InChI is InChI=1S/C25H27N5O2S/c1-16(2)17-3-5-18(6-4-17)25-29-22(15-33-25)24(31)26-19-7-8-20-21(13-19)28-23(27-20)14-30-9-11-32-12-10-30/h3-8,13,15-16H,9-12,14H2,1-2H3,(H,26,31)(H,27,28). The number of nitrogens with one attached hydrogen (secondary N) is 2. The Balaban J connectivity index is 1.27. The molecule has 2 N–H and O–H groups in total. The Labute approximate surface area is 196 Å². The molecule has 0 aliphatic carbocycles. The number of hydrogen-bond donors (Lipinski definition) is 2. The van der Waals surface area contributed by atoms with E-state index in [0.717, 1.165) is 60.3 Å². The molecule has 1 aliphatic rings. The molecule has 4 aromatic rings. The molecule has 1 fully saturated rings. The van der Waals surface area contributed by atoms with Crippen LogP contribution in [0.25, 0.3) is 21.6 Å². The smallest absolute Gasteiger partial charge is 0.275 e. The number of anilines is 1. The Kier molecular flexibility index (Phi) is 6.22. The second-order valence-electron chi connectivity index (χ2n) is 8.57. The number of carbonyl (C=O) groups is 1. The third-order valence-corrected chi connectivity index (χ3v) is 6.72. The number of aromatic nitrogens is 3. The van der Waals surface area contributed by atoms with Crippen LogP contribution in [0.1, 0.15) is 41.6 Å². The molecule has 1 saturated heterocycles. The van der Waals surface area contributed by atoms with Crippen LogP contribution in [0.4, 0.5) is 5.69 Å². The zero-order chi connectivity index (χ0) is 22.8. The number of amides is 1. The summed E-state index contributed by atoms with van der Waals surface area (Å²) in [5.41, 5.74) is 5.23. The normalized spacial score (nSPS) is 14.8. The maximum absolute atomic E-state index is 12.8. The predicted octanol–water partition coefficient (Wildman–Crippen LogP) is 4.89. The number of thiazole rings is 1. The van der Waals surface area contributed by atoms with Crippen LogP contribution in [0, 0.1) is 0 Å². The predicted molar refractivity (Wildman–Crippen MR) is 132 cm³/mol. The number of morpholine rings is 1. The molecule has 3 heterocycles. The van der Waals surface area contributed by atoms with Crippen molar-refractivity contribution in [3.8, 4) is 10.6 Å². The van der Waals surface area contributed by atoms with Crippen LogP contribution in [-0.4, -0.2) is 52.1 Å². The number of H-pyrrole nitrogens is 1. The van der Waals surface area contributed by atoms with Crippen LogP contribution in [-0.2, 0) is 11.3 Å². The van der Waals surface area contributed by atoms with E-state index in [1.807, 2.05) is 18.2 Å². The molecule has 7 nitrogen and oxygen atoms in total. The Morgan fingerprint density at radius 1 is 1.15 bits per heavy atom. The largest absolute Gasteiger partial charge is 0.379 e. The fourth-order valence-corrected chi connectivity index (χ4v) is 4.71. The van der Waals surface area contributed by atoms with Gasteiger partial charge in [0.15, 0.2) is 0 Å². The lowest BCUT2D eigenvalue weighted by molar-refractivity contribution is 0.0332. The maximum Gasteiger partial charge on any atom is 0.275 e. The quantitative estimate of drug-likeness (QED) is 0.427. The molecule has 1 aliphatic heterocycles. The highest BCUT2D eigenvalue weighted by Crippen LogP contribution is 2.26. The first-order valence-electron chi connectivity index (χ1n) is 11.2. The van der Waals surface area contributed by atoms with Crippen LogP contribution in [0.3, 0.4) is 0 Å². The van der Waals surface area contributed by atoms with Gasteiger partial charge in [0.2, 0.25) is 0 Å². The molecule has 0 spiro atoms. The number of aromatic amines is 1. The molecule has 33 heavy (non-hydrogen) atoms. The Bertz CT molecular complexity index is 1260. The Morgan fingerprint density at radius 2 is 1.94 bits per heavy atom. The number of imidazole rings is 1. The Morgan fingerprint density at radius 3 is 2.70 bits per heavy atom. The molecule has 0 unspecified atom stereocenters. The highest BCUT2D eigenvalue weighted by atomic mass is 32.1. The highest BCUT2D eigenvalue weighted by Gasteiger charge is 2.15.